The van der Waals surface area contributed by atoms with Gasteiger partial charge in [-0.05, 0) is 49.4 Å². The van der Waals surface area contributed by atoms with Crippen LogP contribution in [-0.2, 0) is 11.2 Å². The minimum Gasteiger partial charge on any atom is -0.355 e. The first-order valence-corrected chi connectivity index (χ1v) is 10.7. The molecule has 1 N–H and O–H groups in total. The van der Waals surface area contributed by atoms with E-state index in [4.69, 9.17) is 0 Å². The molecule has 2 saturated heterocycles. The Hall–Kier alpha value is -2.96. The molecule has 2 fully saturated rings. The number of hydrogen-bond donors (Lipinski definition) is 1. The summed E-state index contributed by atoms with van der Waals surface area (Å²) < 4.78 is 0. The first-order chi connectivity index (χ1) is 14.5. The first kappa shape index (κ1) is 20.3. The quantitative estimate of drug-likeness (QED) is 0.841. The minimum atomic E-state index is -0.203. The van der Waals surface area contributed by atoms with E-state index in [1.807, 2.05) is 24.1 Å². The minimum absolute atomic E-state index is 0.00749. The molecule has 0 saturated carbocycles. The molecule has 2 aromatic rings. The van der Waals surface area contributed by atoms with Gasteiger partial charge in [-0.2, -0.15) is 0 Å². The predicted octanol–water partition coefficient (Wildman–Crippen LogP) is 2.22. The molecular weight excluding hydrogens is 378 g/mol. The van der Waals surface area contributed by atoms with Crippen LogP contribution in [-0.4, -0.2) is 59.4 Å². The van der Waals surface area contributed by atoms with Gasteiger partial charge in [-0.3, -0.25) is 14.6 Å². The maximum Gasteiger partial charge on any atom is 0.255 e. The lowest BCUT2D eigenvalue weighted by Crippen LogP contribution is -2.49. The summed E-state index contributed by atoms with van der Waals surface area (Å²) in [6, 6.07) is 4.09. The molecule has 1 unspecified atom stereocenters. The molecule has 0 spiro atoms. The van der Waals surface area contributed by atoms with E-state index in [0.717, 1.165) is 43.0 Å². The number of carbonyl (C=O) groups excluding carboxylic acids is 2. The van der Waals surface area contributed by atoms with Crippen molar-refractivity contribution in [1.82, 2.24) is 20.2 Å². The van der Waals surface area contributed by atoms with Crippen LogP contribution in [0.1, 0.15) is 52.0 Å². The van der Waals surface area contributed by atoms with Crippen molar-refractivity contribution < 1.29 is 9.59 Å². The largest absolute Gasteiger partial charge is 0.355 e. The number of hydrogen-bond acceptors (Lipinski definition) is 5. The Bertz CT molecular complexity index is 966. The van der Waals surface area contributed by atoms with Crippen LogP contribution in [0.3, 0.4) is 0 Å². The van der Waals surface area contributed by atoms with Gasteiger partial charge in [-0.15, -0.1) is 0 Å². The maximum atomic E-state index is 13.1. The van der Waals surface area contributed by atoms with Crippen LogP contribution in [0.2, 0.25) is 0 Å². The van der Waals surface area contributed by atoms with Gasteiger partial charge in [-0.1, -0.05) is 13.0 Å². The number of aryl methyl sites for hydroxylation is 3. The Balaban J connectivity index is 1.42. The summed E-state index contributed by atoms with van der Waals surface area (Å²) in [4.78, 5) is 38.2. The van der Waals surface area contributed by atoms with Gasteiger partial charge in [0.15, 0.2) is 0 Å². The number of nitrogens with one attached hydrogen (secondary N) is 1. The zero-order chi connectivity index (χ0) is 21.3. The van der Waals surface area contributed by atoms with Crippen molar-refractivity contribution >= 4 is 17.6 Å². The summed E-state index contributed by atoms with van der Waals surface area (Å²) >= 11 is 0. The van der Waals surface area contributed by atoms with Gasteiger partial charge in [0.2, 0.25) is 5.91 Å². The lowest BCUT2D eigenvalue weighted by Gasteiger charge is -2.36. The van der Waals surface area contributed by atoms with Gasteiger partial charge < -0.3 is 15.1 Å². The molecule has 0 aliphatic carbocycles. The second-order valence-corrected chi connectivity index (χ2v) is 8.17. The Morgan fingerprint density at radius 1 is 1.10 bits per heavy atom. The van der Waals surface area contributed by atoms with E-state index in [2.05, 4.69) is 40.1 Å². The van der Waals surface area contributed by atoms with Gasteiger partial charge in [-0.25, -0.2) is 4.98 Å². The highest BCUT2D eigenvalue weighted by atomic mass is 16.2. The fourth-order valence-corrected chi connectivity index (χ4v) is 4.31. The molecule has 4 rings (SSSR count). The fraction of sp³-hybridized carbons (Fsp3) is 0.478. The summed E-state index contributed by atoms with van der Waals surface area (Å²) in [5.41, 5.74) is 4.67. The lowest BCUT2D eigenvalue weighted by molar-refractivity contribution is -0.120. The standard InChI is InChI=1S/C23H29N5O2/c1-4-17-11-16(3)21(26-13-17)27-7-9-28(10-8-27)23(30)19-14-25-20(12-15(19)2)18-5-6-24-22(18)29/h11-14,18H,4-10H2,1-3H3,(H,24,29). The van der Waals surface area contributed by atoms with Crippen molar-refractivity contribution in [2.75, 3.05) is 37.6 Å². The average Bonchev–Trinajstić information content (AvgIpc) is 3.19. The number of amides is 2. The number of rotatable bonds is 4. The average molecular weight is 408 g/mol. The monoisotopic (exact) mass is 407 g/mol. The zero-order valence-electron chi connectivity index (χ0n) is 17.9. The number of carbonyl (C=O) groups is 2. The Labute approximate surface area is 177 Å². The van der Waals surface area contributed by atoms with Crippen LogP contribution < -0.4 is 10.2 Å². The molecule has 2 amide bonds. The van der Waals surface area contributed by atoms with E-state index in [9.17, 15) is 9.59 Å². The summed E-state index contributed by atoms with van der Waals surface area (Å²) in [6.07, 6.45) is 5.32. The molecule has 1 atom stereocenters. The van der Waals surface area contributed by atoms with Gasteiger partial charge in [0.25, 0.3) is 5.91 Å². The SMILES string of the molecule is CCc1cnc(N2CCN(C(=O)c3cnc(C4CCNC4=O)cc3C)CC2)c(C)c1. The van der Waals surface area contributed by atoms with E-state index in [0.29, 0.717) is 25.2 Å². The summed E-state index contributed by atoms with van der Waals surface area (Å²) in [5.74, 6) is 0.837. The first-order valence-electron chi connectivity index (χ1n) is 10.7. The van der Waals surface area contributed by atoms with Crippen molar-refractivity contribution in [2.45, 2.75) is 39.5 Å². The van der Waals surface area contributed by atoms with Crippen LogP contribution in [0.15, 0.2) is 24.5 Å². The summed E-state index contributed by atoms with van der Waals surface area (Å²) in [6.45, 7) is 9.67. The molecule has 7 nitrogen and oxygen atoms in total. The molecule has 0 aromatic carbocycles. The topological polar surface area (TPSA) is 78.4 Å². The Morgan fingerprint density at radius 3 is 2.47 bits per heavy atom. The van der Waals surface area contributed by atoms with E-state index in [1.54, 1.807) is 6.20 Å². The third-order valence-electron chi connectivity index (χ3n) is 6.15. The lowest BCUT2D eigenvalue weighted by atomic mass is 10.00. The Kier molecular flexibility index (Phi) is 5.70. The van der Waals surface area contributed by atoms with Gasteiger partial charge >= 0.3 is 0 Å². The zero-order valence-corrected chi connectivity index (χ0v) is 17.9. The maximum absolute atomic E-state index is 13.1. The van der Waals surface area contributed by atoms with E-state index < -0.39 is 0 Å². The Morgan fingerprint density at radius 2 is 1.87 bits per heavy atom. The fourth-order valence-electron chi connectivity index (χ4n) is 4.31. The molecule has 0 radical (unpaired) electrons. The second kappa shape index (κ2) is 8.42. The normalized spacial score (nSPS) is 19.2. The van der Waals surface area contributed by atoms with Gasteiger partial charge in [0, 0.05) is 45.1 Å². The number of piperazine rings is 1. The molecule has 30 heavy (non-hydrogen) atoms. The van der Waals surface area contributed by atoms with Crippen LogP contribution >= 0.6 is 0 Å². The molecule has 2 aliphatic rings. The molecule has 0 bridgehead atoms. The smallest absolute Gasteiger partial charge is 0.255 e. The number of pyridine rings is 2. The van der Waals surface area contributed by atoms with Crippen molar-refractivity contribution in [2.24, 2.45) is 0 Å². The molecule has 2 aliphatic heterocycles. The highest BCUT2D eigenvalue weighted by molar-refractivity contribution is 5.95. The number of nitrogens with zero attached hydrogens (tertiary/aromatic N) is 4. The molecule has 4 heterocycles. The van der Waals surface area contributed by atoms with Crippen molar-refractivity contribution in [3.63, 3.8) is 0 Å². The highest BCUT2D eigenvalue weighted by Crippen LogP contribution is 2.25. The van der Waals surface area contributed by atoms with Gasteiger partial charge in [0.05, 0.1) is 17.2 Å². The molecular formula is C23H29N5O2. The molecule has 7 heteroatoms. The third-order valence-corrected chi connectivity index (χ3v) is 6.15. The van der Waals surface area contributed by atoms with E-state index in [-0.39, 0.29) is 17.7 Å². The van der Waals surface area contributed by atoms with E-state index >= 15 is 0 Å². The van der Waals surface area contributed by atoms with Crippen molar-refractivity contribution in [3.05, 3.63) is 52.5 Å². The summed E-state index contributed by atoms with van der Waals surface area (Å²) in [7, 11) is 0. The van der Waals surface area contributed by atoms with Crippen molar-refractivity contribution in [3.8, 4) is 0 Å². The highest BCUT2D eigenvalue weighted by Gasteiger charge is 2.29. The molecule has 2 aromatic heterocycles. The van der Waals surface area contributed by atoms with Crippen LogP contribution in [0.25, 0.3) is 0 Å². The van der Waals surface area contributed by atoms with Gasteiger partial charge in [0.1, 0.15) is 5.82 Å². The third kappa shape index (κ3) is 3.88. The van der Waals surface area contributed by atoms with E-state index in [1.165, 1.54) is 11.1 Å². The number of anilines is 1. The van der Waals surface area contributed by atoms with Crippen molar-refractivity contribution in [1.29, 1.82) is 0 Å². The summed E-state index contributed by atoms with van der Waals surface area (Å²) in [5, 5.41) is 2.84. The second-order valence-electron chi connectivity index (χ2n) is 8.17. The molecule has 158 valence electrons. The van der Waals surface area contributed by atoms with Crippen LogP contribution in [0.5, 0.6) is 0 Å². The van der Waals surface area contributed by atoms with Crippen LogP contribution in [0, 0.1) is 13.8 Å². The predicted molar refractivity (Wildman–Crippen MR) is 116 cm³/mol. The number of aromatic nitrogens is 2. The van der Waals surface area contributed by atoms with Crippen LogP contribution in [0.4, 0.5) is 5.82 Å².